The number of urea groups is 1. The highest BCUT2D eigenvalue weighted by Gasteiger charge is 2.48. The third-order valence-corrected chi connectivity index (χ3v) is 6.73. The molecule has 1 saturated heterocycles. The van der Waals surface area contributed by atoms with Crippen molar-refractivity contribution < 1.29 is 32.3 Å². The molecule has 1 fully saturated rings. The Morgan fingerprint density at radius 2 is 1.97 bits per heavy atom. The van der Waals surface area contributed by atoms with Crippen molar-refractivity contribution in [3.63, 3.8) is 0 Å². The van der Waals surface area contributed by atoms with Crippen molar-refractivity contribution in [3.8, 4) is 0 Å². The van der Waals surface area contributed by atoms with Gasteiger partial charge in [0.05, 0.1) is 35.5 Å². The zero-order valence-corrected chi connectivity index (χ0v) is 19.8. The first-order chi connectivity index (χ1) is 16.5. The molecule has 0 bridgehead atoms. The van der Waals surface area contributed by atoms with E-state index < -0.39 is 35.8 Å². The number of rotatable bonds is 6. The summed E-state index contributed by atoms with van der Waals surface area (Å²) < 4.78 is 46.8. The van der Waals surface area contributed by atoms with Gasteiger partial charge in [0.15, 0.2) is 0 Å². The second kappa shape index (κ2) is 9.52. The Morgan fingerprint density at radius 1 is 1.26 bits per heavy atom. The lowest BCUT2D eigenvalue weighted by molar-refractivity contribution is -0.139. The summed E-state index contributed by atoms with van der Waals surface area (Å²) >= 11 is 0. The molecule has 0 aromatic heterocycles. The minimum absolute atomic E-state index is 0.0429. The molecular formula is C24H29F3N4O4. The molecule has 2 N–H and O–H groups in total. The van der Waals surface area contributed by atoms with Gasteiger partial charge < -0.3 is 20.3 Å². The van der Waals surface area contributed by atoms with Crippen LogP contribution in [-0.4, -0.2) is 66.5 Å². The number of ether oxygens (including phenoxy) is 1. The van der Waals surface area contributed by atoms with Gasteiger partial charge in [-0.2, -0.15) is 13.2 Å². The Morgan fingerprint density at radius 3 is 2.60 bits per heavy atom. The van der Waals surface area contributed by atoms with E-state index in [0.29, 0.717) is 18.8 Å². The van der Waals surface area contributed by atoms with Gasteiger partial charge in [-0.3, -0.25) is 14.5 Å². The fourth-order valence-electron chi connectivity index (χ4n) is 4.98. The van der Waals surface area contributed by atoms with Crippen LogP contribution in [0.15, 0.2) is 35.5 Å². The van der Waals surface area contributed by atoms with Crippen molar-refractivity contribution >= 4 is 17.8 Å². The summed E-state index contributed by atoms with van der Waals surface area (Å²) in [5.74, 6) is -1.21. The Labute approximate surface area is 201 Å². The maximum Gasteiger partial charge on any atom is 0.416 e. The van der Waals surface area contributed by atoms with E-state index in [0.717, 1.165) is 18.9 Å². The van der Waals surface area contributed by atoms with E-state index >= 15 is 0 Å². The van der Waals surface area contributed by atoms with Gasteiger partial charge in [0.25, 0.3) is 5.91 Å². The standard InChI is InChI=1S/C24H29F3N4O4/c1-13(2)20(21(32)28-11-14-7-6-10-35-14)31-12-17-18(22(31)33)19(29-23(34)30(17)3)15-8-4-5-9-16(15)24(25,26)27/h4-5,8-9,13-14,19-20H,6-7,10-12H2,1-3H3,(H,28,32)(H,29,34)/t14-,19+,20-/m1/s1. The summed E-state index contributed by atoms with van der Waals surface area (Å²) in [7, 11) is 1.45. The number of benzene rings is 1. The topological polar surface area (TPSA) is 91.0 Å². The molecule has 35 heavy (non-hydrogen) atoms. The first kappa shape index (κ1) is 25.0. The zero-order valence-electron chi connectivity index (χ0n) is 19.8. The van der Waals surface area contributed by atoms with Crippen molar-refractivity contribution in [1.82, 2.24) is 20.4 Å². The Kier molecular flexibility index (Phi) is 6.81. The average Bonchev–Trinajstić information content (AvgIpc) is 3.43. The predicted molar refractivity (Wildman–Crippen MR) is 120 cm³/mol. The van der Waals surface area contributed by atoms with Crippen molar-refractivity contribution in [2.45, 2.75) is 51.1 Å². The van der Waals surface area contributed by atoms with Crippen LogP contribution < -0.4 is 10.6 Å². The summed E-state index contributed by atoms with van der Waals surface area (Å²) in [6, 6.07) is 2.10. The van der Waals surface area contributed by atoms with Crippen molar-refractivity contribution in [2.75, 3.05) is 26.7 Å². The van der Waals surface area contributed by atoms with Crippen LogP contribution in [0, 0.1) is 5.92 Å². The van der Waals surface area contributed by atoms with Crippen LogP contribution in [0.25, 0.3) is 0 Å². The molecule has 1 aromatic rings. The molecule has 0 saturated carbocycles. The molecule has 3 aliphatic rings. The zero-order chi connectivity index (χ0) is 25.5. The van der Waals surface area contributed by atoms with E-state index in [1.54, 1.807) is 13.8 Å². The molecule has 3 aliphatic heterocycles. The van der Waals surface area contributed by atoms with Crippen LogP contribution in [0.4, 0.5) is 18.0 Å². The molecule has 3 atom stereocenters. The summed E-state index contributed by atoms with van der Waals surface area (Å²) in [5, 5.41) is 5.40. The molecule has 0 spiro atoms. The van der Waals surface area contributed by atoms with Gasteiger partial charge in [-0.25, -0.2) is 4.79 Å². The van der Waals surface area contributed by atoms with Gasteiger partial charge in [-0.1, -0.05) is 32.0 Å². The van der Waals surface area contributed by atoms with E-state index in [1.807, 2.05) is 0 Å². The largest absolute Gasteiger partial charge is 0.416 e. The molecule has 190 valence electrons. The van der Waals surface area contributed by atoms with Crippen molar-refractivity contribution in [1.29, 1.82) is 0 Å². The van der Waals surface area contributed by atoms with Gasteiger partial charge in [0, 0.05) is 20.2 Å². The smallest absolute Gasteiger partial charge is 0.376 e. The van der Waals surface area contributed by atoms with Gasteiger partial charge in [0.1, 0.15) is 6.04 Å². The number of hydrogen-bond donors (Lipinski definition) is 2. The number of likely N-dealkylation sites (N-methyl/N-ethyl adjacent to an activating group) is 1. The third kappa shape index (κ3) is 4.73. The van der Waals surface area contributed by atoms with Crippen LogP contribution in [-0.2, 0) is 20.5 Å². The highest BCUT2D eigenvalue weighted by atomic mass is 19.4. The first-order valence-corrected chi connectivity index (χ1v) is 11.6. The fraction of sp³-hybridized carbons (Fsp3) is 0.542. The number of hydrogen-bond acceptors (Lipinski definition) is 4. The highest BCUT2D eigenvalue weighted by Crippen LogP contribution is 2.42. The molecule has 1 aromatic carbocycles. The number of carbonyl (C=O) groups excluding carboxylic acids is 3. The minimum Gasteiger partial charge on any atom is -0.376 e. The molecule has 0 unspecified atom stereocenters. The highest BCUT2D eigenvalue weighted by molar-refractivity contribution is 6.03. The number of alkyl halides is 3. The van der Waals surface area contributed by atoms with Crippen molar-refractivity contribution in [2.24, 2.45) is 5.92 Å². The van der Waals surface area contributed by atoms with E-state index in [1.165, 1.54) is 35.0 Å². The third-order valence-electron chi connectivity index (χ3n) is 6.73. The van der Waals surface area contributed by atoms with Gasteiger partial charge in [0.2, 0.25) is 5.91 Å². The maximum absolute atomic E-state index is 13.7. The average molecular weight is 495 g/mol. The number of halogens is 3. The lowest BCUT2D eigenvalue weighted by Crippen LogP contribution is -2.52. The van der Waals surface area contributed by atoms with E-state index in [4.69, 9.17) is 4.74 Å². The summed E-state index contributed by atoms with van der Waals surface area (Å²) in [6.07, 6.45) is -2.99. The number of carbonyl (C=O) groups is 3. The quantitative estimate of drug-likeness (QED) is 0.637. The summed E-state index contributed by atoms with van der Waals surface area (Å²) in [5.41, 5.74) is -0.810. The van der Waals surface area contributed by atoms with Gasteiger partial charge in [-0.05, 0) is 30.4 Å². The van der Waals surface area contributed by atoms with Crippen molar-refractivity contribution in [3.05, 3.63) is 46.7 Å². The SMILES string of the molecule is CC(C)[C@H](C(=O)NC[C@H]1CCCO1)N1CC2=C(C1=O)[C@H](c1ccccc1C(F)(F)F)NC(=O)N2C. The van der Waals surface area contributed by atoms with Crippen LogP contribution >= 0.6 is 0 Å². The molecule has 0 aliphatic carbocycles. The molecule has 3 heterocycles. The fourth-order valence-corrected chi connectivity index (χ4v) is 4.98. The Bertz CT molecular complexity index is 1050. The second-order valence-corrected chi connectivity index (χ2v) is 9.39. The number of nitrogens with zero attached hydrogens (tertiary/aromatic N) is 2. The monoisotopic (exact) mass is 494 g/mol. The van der Waals surface area contributed by atoms with E-state index in [2.05, 4.69) is 10.6 Å². The predicted octanol–water partition coefficient (Wildman–Crippen LogP) is 2.82. The normalized spacial score (nSPS) is 23.6. The minimum atomic E-state index is -4.67. The molecular weight excluding hydrogens is 465 g/mol. The summed E-state index contributed by atoms with van der Waals surface area (Å²) in [6.45, 7) is 4.50. The van der Waals surface area contributed by atoms with Gasteiger partial charge in [-0.15, -0.1) is 0 Å². The lowest BCUT2D eigenvalue weighted by Gasteiger charge is -2.32. The van der Waals surface area contributed by atoms with Crippen LogP contribution in [0.1, 0.15) is 43.9 Å². The van der Waals surface area contributed by atoms with Crippen LogP contribution in [0.5, 0.6) is 0 Å². The number of nitrogens with one attached hydrogen (secondary N) is 2. The molecule has 0 radical (unpaired) electrons. The summed E-state index contributed by atoms with van der Waals surface area (Å²) in [4.78, 5) is 42.0. The molecule has 4 rings (SSSR count). The maximum atomic E-state index is 13.7. The molecule has 8 nitrogen and oxygen atoms in total. The lowest BCUT2D eigenvalue weighted by atomic mass is 9.91. The molecule has 4 amide bonds. The van der Waals surface area contributed by atoms with E-state index in [9.17, 15) is 27.6 Å². The Hall–Kier alpha value is -3.08. The van der Waals surface area contributed by atoms with Gasteiger partial charge >= 0.3 is 12.2 Å². The number of amides is 4. The van der Waals surface area contributed by atoms with Crippen LogP contribution in [0.2, 0.25) is 0 Å². The molecule has 11 heteroatoms. The first-order valence-electron chi connectivity index (χ1n) is 11.6. The second-order valence-electron chi connectivity index (χ2n) is 9.39. The van der Waals surface area contributed by atoms with E-state index in [-0.39, 0.29) is 35.6 Å². The Balaban J connectivity index is 1.65. The van der Waals surface area contributed by atoms with Crippen LogP contribution in [0.3, 0.4) is 0 Å².